The van der Waals surface area contributed by atoms with Crippen molar-refractivity contribution in [2.24, 2.45) is 5.73 Å². The molecule has 2 aromatic carbocycles. The molecule has 3 aromatic rings. The van der Waals surface area contributed by atoms with E-state index >= 15 is 0 Å². The first kappa shape index (κ1) is 22.9. The smallest absolute Gasteiger partial charge is 0.273 e. The van der Waals surface area contributed by atoms with Gasteiger partial charge in [0.15, 0.2) is 11.5 Å². The number of rotatable bonds is 8. The summed E-state index contributed by atoms with van der Waals surface area (Å²) < 4.78 is 5.59. The van der Waals surface area contributed by atoms with Crippen LogP contribution in [0, 0.1) is 11.3 Å². The zero-order valence-electron chi connectivity index (χ0n) is 19.1. The van der Waals surface area contributed by atoms with Gasteiger partial charge in [0.25, 0.3) is 5.91 Å². The summed E-state index contributed by atoms with van der Waals surface area (Å²) in [5.74, 6) is 0.217. The Hall–Kier alpha value is -4.23. The van der Waals surface area contributed by atoms with Crippen molar-refractivity contribution in [3.8, 4) is 11.8 Å². The standard InChI is InChI=1S/C24H26N8O2/c1-3-32-11-9-16-13-20(34-2)19(12-17(16)14-32)28-24-29-23(21(22(26)33)30-31-24)27-18-7-5-4-6-15(18)8-10-25/h4-7,12-13H,3,8-9,11,14H2,1-2H3,(H2,26,33)(H2,27,28,29,31). The van der Waals surface area contributed by atoms with Gasteiger partial charge in [0, 0.05) is 18.8 Å². The molecule has 0 radical (unpaired) electrons. The van der Waals surface area contributed by atoms with Gasteiger partial charge >= 0.3 is 0 Å². The maximum Gasteiger partial charge on any atom is 0.273 e. The summed E-state index contributed by atoms with van der Waals surface area (Å²) in [7, 11) is 1.61. The molecule has 2 heterocycles. The van der Waals surface area contributed by atoms with Crippen LogP contribution in [0.3, 0.4) is 0 Å². The first-order chi connectivity index (χ1) is 16.5. The van der Waals surface area contributed by atoms with Gasteiger partial charge in [-0.1, -0.05) is 25.1 Å². The lowest BCUT2D eigenvalue weighted by Crippen LogP contribution is -2.30. The number of nitrogens with two attached hydrogens (primary N) is 1. The lowest BCUT2D eigenvalue weighted by atomic mass is 9.98. The number of benzene rings is 2. The number of amides is 1. The van der Waals surface area contributed by atoms with Crippen LogP contribution in [-0.2, 0) is 19.4 Å². The number of hydrogen-bond donors (Lipinski definition) is 3. The normalized spacial score (nSPS) is 13.0. The third-order valence-corrected chi connectivity index (χ3v) is 5.77. The first-order valence-corrected chi connectivity index (χ1v) is 11.0. The van der Waals surface area contributed by atoms with Gasteiger partial charge in [-0.15, -0.1) is 10.2 Å². The highest BCUT2D eigenvalue weighted by molar-refractivity contribution is 5.96. The molecule has 10 nitrogen and oxygen atoms in total. The van der Waals surface area contributed by atoms with E-state index in [0.717, 1.165) is 31.6 Å². The SMILES string of the molecule is CCN1CCc2cc(OC)c(Nc3nnc(C(N)=O)c(Nc4ccccc4CC#N)n3)cc2C1. The molecule has 1 aliphatic heterocycles. The Bertz CT molecular complexity index is 1250. The van der Waals surface area contributed by atoms with Gasteiger partial charge in [-0.25, -0.2) is 0 Å². The second kappa shape index (κ2) is 10.1. The largest absolute Gasteiger partial charge is 0.495 e. The predicted octanol–water partition coefficient (Wildman–Crippen LogP) is 2.91. The van der Waals surface area contributed by atoms with Gasteiger partial charge in [-0.2, -0.15) is 10.2 Å². The van der Waals surface area contributed by atoms with E-state index in [-0.39, 0.29) is 23.9 Å². The van der Waals surface area contributed by atoms with Gasteiger partial charge in [-0.05, 0) is 47.9 Å². The number of fused-ring (bicyclic) bond motifs is 1. The third-order valence-electron chi connectivity index (χ3n) is 5.77. The van der Waals surface area contributed by atoms with Crippen molar-refractivity contribution in [2.45, 2.75) is 26.3 Å². The van der Waals surface area contributed by atoms with Crippen LogP contribution in [0.2, 0.25) is 0 Å². The molecule has 0 saturated carbocycles. The molecular formula is C24H26N8O2. The lowest BCUT2D eigenvalue weighted by Gasteiger charge is -2.28. The second-order valence-electron chi connectivity index (χ2n) is 7.88. The van der Waals surface area contributed by atoms with Crippen LogP contribution in [0.15, 0.2) is 36.4 Å². The highest BCUT2D eigenvalue weighted by atomic mass is 16.5. The molecule has 0 atom stereocenters. The predicted molar refractivity (Wildman–Crippen MR) is 128 cm³/mol. The number of hydrogen-bond acceptors (Lipinski definition) is 9. The average molecular weight is 459 g/mol. The van der Waals surface area contributed by atoms with E-state index in [1.54, 1.807) is 13.2 Å². The number of para-hydroxylation sites is 1. The van der Waals surface area contributed by atoms with Crippen molar-refractivity contribution < 1.29 is 9.53 Å². The van der Waals surface area contributed by atoms with Crippen molar-refractivity contribution in [1.82, 2.24) is 20.1 Å². The Kier molecular flexibility index (Phi) is 6.85. The van der Waals surface area contributed by atoms with Crippen LogP contribution in [-0.4, -0.2) is 46.2 Å². The van der Waals surface area contributed by atoms with Crippen LogP contribution in [0.1, 0.15) is 34.1 Å². The minimum atomic E-state index is -0.766. The number of carbonyl (C=O) groups is 1. The summed E-state index contributed by atoms with van der Waals surface area (Å²) in [4.78, 5) is 18.8. The minimum Gasteiger partial charge on any atom is -0.495 e. The summed E-state index contributed by atoms with van der Waals surface area (Å²) in [6.07, 6.45) is 1.15. The summed E-state index contributed by atoms with van der Waals surface area (Å²) >= 11 is 0. The van der Waals surface area contributed by atoms with Crippen LogP contribution < -0.4 is 21.1 Å². The molecule has 0 saturated heterocycles. The van der Waals surface area contributed by atoms with Crippen LogP contribution in [0.25, 0.3) is 0 Å². The second-order valence-corrected chi connectivity index (χ2v) is 7.88. The number of methoxy groups -OCH3 is 1. The third kappa shape index (κ3) is 4.89. The van der Waals surface area contributed by atoms with E-state index in [2.05, 4.69) is 43.7 Å². The Labute approximate surface area is 197 Å². The monoisotopic (exact) mass is 458 g/mol. The van der Waals surface area contributed by atoms with Crippen molar-refractivity contribution in [3.05, 3.63) is 58.8 Å². The van der Waals surface area contributed by atoms with Crippen LogP contribution in [0.4, 0.5) is 23.1 Å². The number of primary amides is 1. The molecule has 1 aromatic heterocycles. The Morgan fingerprint density at radius 3 is 2.76 bits per heavy atom. The number of aromatic nitrogens is 3. The fraction of sp³-hybridized carbons (Fsp3) is 0.292. The molecule has 1 amide bonds. The van der Waals surface area contributed by atoms with E-state index in [1.807, 2.05) is 30.3 Å². The molecule has 10 heteroatoms. The van der Waals surface area contributed by atoms with Gasteiger partial charge in [0.05, 0.1) is 25.3 Å². The molecule has 0 bridgehead atoms. The number of carbonyl (C=O) groups excluding carboxylic acids is 1. The van der Waals surface area contributed by atoms with Crippen molar-refractivity contribution >= 4 is 29.0 Å². The van der Waals surface area contributed by atoms with Gasteiger partial charge < -0.3 is 21.1 Å². The Morgan fingerprint density at radius 1 is 1.21 bits per heavy atom. The minimum absolute atomic E-state index is 0.103. The van der Waals surface area contributed by atoms with E-state index in [1.165, 1.54) is 11.1 Å². The van der Waals surface area contributed by atoms with E-state index < -0.39 is 5.91 Å². The molecule has 0 spiro atoms. The van der Waals surface area contributed by atoms with Gasteiger partial charge in [0.1, 0.15) is 5.75 Å². The van der Waals surface area contributed by atoms with Crippen LogP contribution >= 0.6 is 0 Å². The summed E-state index contributed by atoms with van der Waals surface area (Å²) in [6, 6.07) is 13.5. The molecule has 0 aliphatic carbocycles. The zero-order chi connectivity index (χ0) is 24.1. The highest BCUT2D eigenvalue weighted by Gasteiger charge is 2.20. The lowest BCUT2D eigenvalue weighted by molar-refractivity contribution is 0.0995. The Morgan fingerprint density at radius 2 is 2.03 bits per heavy atom. The molecule has 34 heavy (non-hydrogen) atoms. The number of nitrogens with one attached hydrogen (secondary N) is 2. The fourth-order valence-corrected chi connectivity index (χ4v) is 3.94. The molecule has 4 rings (SSSR count). The summed E-state index contributed by atoms with van der Waals surface area (Å²) in [6.45, 7) is 5.00. The van der Waals surface area contributed by atoms with Gasteiger partial charge in [-0.3, -0.25) is 9.69 Å². The molecule has 174 valence electrons. The summed E-state index contributed by atoms with van der Waals surface area (Å²) in [5.41, 5.74) is 9.94. The number of anilines is 4. The molecule has 4 N–H and O–H groups in total. The average Bonchev–Trinajstić information content (AvgIpc) is 2.84. The Balaban J connectivity index is 1.68. The number of nitriles is 1. The molecule has 0 fully saturated rings. The van der Waals surface area contributed by atoms with Crippen molar-refractivity contribution in [1.29, 1.82) is 5.26 Å². The topological polar surface area (TPSA) is 142 Å². The summed E-state index contributed by atoms with van der Waals surface area (Å²) in [5, 5.41) is 23.4. The number of ether oxygens (including phenoxy) is 1. The first-order valence-electron chi connectivity index (χ1n) is 11.0. The maximum absolute atomic E-state index is 12.0. The fourth-order valence-electron chi connectivity index (χ4n) is 3.94. The quantitative estimate of drug-likeness (QED) is 0.464. The van der Waals surface area contributed by atoms with Gasteiger partial charge in [0.2, 0.25) is 5.95 Å². The molecular weight excluding hydrogens is 432 g/mol. The van der Waals surface area contributed by atoms with E-state index in [9.17, 15) is 4.79 Å². The van der Waals surface area contributed by atoms with E-state index in [4.69, 9.17) is 15.7 Å². The number of nitrogens with zero attached hydrogens (tertiary/aromatic N) is 5. The maximum atomic E-state index is 12.0. The highest BCUT2D eigenvalue weighted by Crippen LogP contribution is 2.33. The molecule has 1 aliphatic rings. The van der Waals surface area contributed by atoms with Crippen LogP contribution in [0.5, 0.6) is 5.75 Å². The van der Waals surface area contributed by atoms with Crippen molar-refractivity contribution in [2.75, 3.05) is 30.8 Å². The zero-order valence-corrected chi connectivity index (χ0v) is 19.1. The molecule has 0 unspecified atom stereocenters. The van der Waals surface area contributed by atoms with Crippen molar-refractivity contribution in [3.63, 3.8) is 0 Å². The number of likely N-dealkylation sites (N-methyl/N-ethyl adjacent to an activating group) is 1. The van der Waals surface area contributed by atoms with E-state index in [0.29, 0.717) is 17.1 Å².